The third-order valence-corrected chi connectivity index (χ3v) is 6.79. The van der Waals surface area contributed by atoms with Crippen molar-refractivity contribution in [1.82, 2.24) is 4.31 Å². The molecule has 0 saturated carbocycles. The normalized spacial score (nSPS) is 19.7. The zero-order valence-electron chi connectivity index (χ0n) is 18.4. The molecular formula is C23H30N2O5S. The van der Waals surface area contributed by atoms with Crippen LogP contribution in [0, 0.1) is 6.92 Å². The third-order valence-electron chi connectivity index (χ3n) is 4.97. The molecule has 0 aromatic heterocycles. The van der Waals surface area contributed by atoms with Gasteiger partial charge in [0, 0.05) is 18.7 Å². The zero-order chi connectivity index (χ0) is 22.6. The van der Waals surface area contributed by atoms with Gasteiger partial charge in [-0.3, -0.25) is 4.79 Å². The van der Waals surface area contributed by atoms with E-state index in [1.165, 1.54) is 16.4 Å². The van der Waals surface area contributed by atoms with E-state index in [-0.39, 0.29) is 35.8 Å². The van der Waals surface area contributed by atoms with E-state index in [9.17, 15) is 13.2 Å². The van der Waals surface area contributed by atoms with Gasteiger partial charge in [-0.1, -0.05) is 19.1 Å². The lowest BCUT2D eigenvalue weighted by atomic mass is 10.1. The highest BCUT2D eigenvalue weighted by molar-refractivity contribution is 7.89. The second kappa shape index (κ2) is 9.80. The molecule has 1 aliphatic rings. The Morgan fingerprint density at radius 2 is 1.87 bits per heavy atom. The predicted octanol–water partition coefficient (Wildman–Crippen LogP) is 3.83. The molecular weight excluding hydrogens is 416 g/mol. The predicted molar refractivity (Wildman–Crippen MR) is 120 cm³/mol. The van der Waals surface area contributed by atoms with Crippen molar-refractivity contribution in [2.75, 3.05) is 25.0 Å². The minimum atomic E-state index is -3.73. The molecule has 1 aliphatic heterocycles. The molecule has 1 saturated heterocycles. The second-order valence-corrected chi connectivity index (χ2v) is 9.85. The highest BCUT2D eigenvalue weighted by Gasteiger charge is 2.32. The monoisotopic (exact) mass is 446 g/mol. The number of anilines is 1. The number of carbonyl (C=O) groups is 1. The fourth-order valence-corrected chi connectivity index (χ4v) is 5.17. The van der Waals surface area contributed by atoms with E-state index in [0.29, 0.717) is 18.0 Å². The van der Waals surface area contributed by atoms with Gasteiger partial charge in [0.25, 0.3) is 5.91 Å². The summed E-state index contributed by atoms with van der Waals surface area (Å²) in [6.45, 7) is 8.76. The van der Waals surface area contributed by atoms with Crippen molar-refractivity contribution in [2.24, 2.45) is 0 Å². The summed E-state index contributed by atoms with van der Waals surface area (Å²) in [5.74, 6) is 0.196. The molecule has 2 atom stereocenters. The topological polar surface area (TPSA) is 84.9 Å². The Hall–Kier alpha value is -2.42. The maximum atomic E-state index is 13.1. The van der Waals surface area contributed by atoms with Crippen molar-refractivity contribution in [2.45, 2.75) is 51.2 Å². The molecule has 168 valence electrons. The molecule has 0 spiro atoms. The number of nitrogens with zero attached hydrogens (tertiary/aromatic N) is 1. The third kappa shape index (κ3) is 5.64. The van der Waals surface area contributed by atoms with Crippen LogP contribution in [-0.4, -0.2) is 50.5 Å². The quantitative estimate of drug-likeness (QED) is 0.699. The van der Waals surface area contributed by atoms with E-state index in [1.54, 1.807) is 18.2 Å². The van der Waals surface area contributed by atoms with Crippen LogP contribution in [0.25, 0.3) is 0 Å². The van der Waals surface area contributed by atoms with Crippen LogP contribution in [-0.2, 0) is 14.8 Å². The Bertz CT molecular complexity index is 1030. The van der Waals surface area contributed by atoms with Crippen molar-refractivity contribution in [1.29, 1.82) is 0 Å². The van der Waals surface area contributed by atoms with Gasteiger partial charge in [-0.05, 0) is 63.1 Å². The summed E-state index contributed by atoms with van der Waals surface area (Å²) in [4.78, 5) is 13.0. The van der Waals surface area contributed by atoms with Crippen LogP contribution in [0.2, 0.25) is 0 Å². The van der Waals surface area contributed by atoms with Gasteiger partial charge in [-0.2, -0.15) is 4.31 Å². The number of amides is 1. The molecule has 31 heavy (non-hydrogen) atoms. The Morgan fingerprint density at radius 3 is 2.55 bits per heavy atom. The highest BCUT2D eigenvalue weighted by atomic mass is 32.2. The average molecular weight is 447 g/mol. The van der Waals surface area contributed by atoms with Crippen LogP contribution in [0.5, 0.6) is 5.75 Å². The molecule has 2 aromatic rings. The van der Waals surface area contributed by atoms with Crippen LogP contribution in [0.15, 0.2) is 47.4 Å². The second-order valence-electron chi connectivity index (χ2n) is 7.91. The summed E-state index contributed by atoms with van der Waals surface area (Å²) in [6, 6.07) is 11.6. The number of aryl methyl sites for hydroxylation is 1. The van der Waals surface area contributed by atoms with E-state index >= 15 is 0 Å². The first-order valence-electron chi connectivity index (χ1n) is 10.5. The van der Waals surface area contributed by atoms with Gasteiger partial charge in [0.1, 0.15) is 5.75 Å². The van der Waals surface area contributed by atoms with Gasteiger partial charge in [0.05, 0.1) is 29.4 Å². The number of hydrogen-bond acceptors (Lipinski definition) is 5. The first kappa shape index (κ1) is 23.2. The zero-order valence-corrected chi connectivity index (χ0v) is 19.2. The lowest BCUT2D eigenvalue weighted by Gasteiger charge is -2.34. The number of ether oxygens (including phenoxy) is 2. The Kier molecular flexibility index (Phi) is 7.35. The number of morpholine rings is 1. The number of rotatable bonds is 7. The van der Waals surface area contributed by atoms with Gasteiger partial charge < -0.3 is 14.8 Å². The molecule has 1 heterocycles. The molecule has 8 heteroatoms. The fourth-order valence-electron chi connectivity index (χ4n) is 3.53. The average Bonchev–Trinajstić information content (AvgIpc) is 2.73. The van der Waals surface area contributed by atoms with Crippen molar-refractivity contribution < 1.29 is 22.7 Å². The largest absolute Gasteiger partial charge is 0.491 e. The Balaban J connectivity index is 1.82. The highest BCUT2D eigenvalue weighted by Crippen LogP contribution is 2.27. The number of carbonyl (C=O) groups excluding carboxylic acids is 1. The van der Waals surface area contributed by atoms with E-state index in [0.717, 1.165) is 12.0 Å². The summed E-state index contributed by atoms with van der Waals surface area (Å²) in [7, 11) is -3.73. The van der Waals surface area contributed by atoms with Crippen molar-refractivity contribution in [3.63, 3.8) is 0 Å². The van der Waals surface area contributed by atoms with Crippen LogP contribution in [0.4, 0.5) is 5.69 Å². The van der Waals surface area contributed by atoms with Gasteiger partial charge in [0.15, 0.2) is 0 Å². The summed E-state index contributed by atoms with van der Waals surface area (Å²) >= 11 is 0. The number of sulfonamides is 1. The molecule has 1 fully saturated rings. The molecule has 0 aliphatic carbocycles. The first-order valence-corrected chi connectivity index (χ1v) is 11.9. The number of benzene rings is 2. The number of nitrogens with one attached hydrogen (secondary N) is 1. The van der Waals surface area contributed by atoms with Gasteiger partial charge in [0.2, 0.25) is 10.0 Å². The minimum Gasteiger partial charge on any atom is -0.491 e. The maximum Gasteiger partial charge on any atom is 0.255 e. The van der Waals surface area contributed by atoms with Gasteiger partial charge in [-0.25, -0.2) is 8.42 Å². The van der Waals surface area contributed by atoms with Crippen LogP contribution < -0.4 is 10.1 Å². The van der Waals surface area contributed by atoms with Crippen molar-refractivity contribution in [3.05, 3.63) is 53.6 Å². The summed E-state index contributed by atoms with van der Waals surface area (Å²) < 4.78 is 39.1. The fraction of sp³-hybridized carbons (Fsp3) is 0.435. The van der Waals surface area contributed by atoms with Gasteiger partial charge in [-0.15, -0.1) is 0 Å². The molecule has 2 unspecified atom stereocenters. The Labute approximate surface area is 184 Å². The minimum absolute atomic E-state index is 0.0906. The van der Waals surface area contributed by atoms with E-state index in [2.05, 4.69) is 5.32 Å². The lowest BCUT2D eigenvalue weighted by molar-refractivity contribution is -0.0440. The molecule has 1 amide bonds. The van der Waals surface area contributed by atoms with Crippen molar-refractivity contribution in [3.8, 4) is 5.75 Å². The molecule has 3 rings (SSSR count). The molecule has 0 bridgehead atoms. The van der Waals surface area contributed by atoms with E-state index < -0.39 is 15.9 Å². The SMILES string of the molecule is CCCOc1cc(C)ccc1NC(=O)c1cccc(S(=O)(=O)N2CC(C)OC(C)C2)c1. The van der Waals surface area contributed by atoms with Crippen molar-refractivity contribution >= 4 is 21.6 Å². The molecule has 7 nitrogen and oxygen atoms in total. The van der Waals surface area contributed by atoms with Crippen LogP contribution in [0.1, 0.15) is 43.1 Å². The molecule has 2 aromatic carbocycles. The summed E-state index contributed by atoms with van der Waals surface area (Å²) in [5, 5.41) is 2.84. The van der Waals surface area contributed by atoms with E-state index in [1.807, 2.05) is 39.8 Å². The standard InChI is InChI=1S/C23H30N2O5S/c1-5-11-29-22-12-16(2)9-10-21(22)24-23(26)19-7-6-8-20(13-19)31(27,28)25-14-17(3)30-18(4)15-25/h6-10,12-13,17-18H,5,11,14-15H2,1-4H3,(H,24,26). The first-order chi connectivity index (χ1) is 14.7. The maximum absolute atomic E-state index is 13.1. The summed E-state index contributed by atoms with van der Waals surface area (Å²) in [5.41, 5.74) is 1.83. The van der Waals surface area contributed by atoms with Gasteiger partial charge >= 0.3 is 0 Å². The van der Waals surface area contributed by atoms with Crippen LogP contribution in [0.3, 0.4) is 0 Å². The molecule has 0 radical (unpaired) electrons. The summed E-state index contributed by atoms with van der Waals surface area (Å²) in [6.07, 6.45) is 0.473. The Morgan fingerprint density at radius 1 is 1.16 bits per heavy atom. The smallest absolute Gasteiger partial charge is 0.255 e. The molecule has 1 N–H and O–H groups in total. The lowest BCUT2D eigenvalue weighted by Crippen LogP contribution is -2.48. The van der Waals surface area contributed by atoms with Crippen LogP contribution >= 0.6 is 0 Å². The number of hydrogen-bond donors (Lipinski definition) is 1. The van der Waals surface area contributed by atoms with E-state index in [4.69, 9.17) is 9.47 Å².